The molecule has 0 radical (unpaired) electrons. The maximum absolute atomic E-state index is 9.28. The second-order valence-electron chi connectivity index (χ2n) is 4.16. The summed E-state index contributed by atoms with van der Waals surface area (Å²) in [6, 6.07) is 1.93. The molecule has 96 valence electrons. The van der Waals surface area contributed by atoms with Gasteiger partial charge in [0, 0.05) is 18.7 Å². The zero-order valence-electron chi connectivity index (χ0n) is 10.6. The van der Waals surface area contributed by atoms with Crippen LogP contribution in [-0.2, 0) is 0 Å². The monoisotopic (exact) mass is 239 g/mol. The van der Waals surface area contributed by atoms with E-state index in [9.17, 15) is 5.11 Å². The lowest BCUT2D eigenvalue weighted by molar-refractivity contribution is 0.179. The summed E-state index contributed by atoms with van der Waals surface area (Å²) >= 11 is 0. The van der Waals surface area contributed by atoms with Crippen LogP contribution in [0.3, 0.4) is 0 Å². The molecule has 0 amide bonds. The van der Waals surface area contributed by atoms with Crippen LogP contribution in [0, 0.1) is 0 Å². The van der Waals surface area contributed by atoms with Gasteiger partial charge >= 0.3 is 0 Å². The van der Waals surface area contributed by atoms with Gasteiger partial charge in [0.25, 0.3) is 0 Å². The van der Waals surface area contributed by atoms with Crippen LogP contribution in [0.1, 0.15) is 27.2 Å². The molecule has 2 unspecified atom stereocenters. The molecule has 1 rings (SSSR count). The Bertz CT molecular complexity index is 356. The fourth-order valence-electron chi connectivity index (χ4n) is 1.63. The van der Waals surface area contributed by atoms with Crippen LogP contribution in [0.4, 0.5) is 17.6 Å². The van der Waals surface area contributed by atoms with Crippen molar-refractivity contribution in [2.75, 3.05) is 22.9 Å². The highest BCUT2D eigenvalue weighted by molar-refractivity contribution is 5.51. The summed E-state index contributed by atoms with van der Waals surface area (Å²) in [6.07, 6.45) is 0.311. The van der Waals surface area contributed by atoms with Gasteiger partial charge in [-0.25, -0.2) is 0 Å². The van der Waals surface area contributed by atoms with Crippen LogP contribution in [0.25, 0.3) is 0 Å². The summed E-state index contributed by atoms with van der Waals surface area (Å²) < 4.78 is 0. The Morgan fingerprint density at radius 2 is 2.00 bits per heavy atom. The average molecular weight is 239 g/mol. The van der Waals surface area contributed by atoms with E-state index in [-0.39, 0.29) is 18.1 Å². The largest absolute Gasteiger partial charge is 0.393 e. The van der Waals surface area contributed by atoms with Gasteiger partial charge in [-0.1, -0.05) is 0 Å². The molecule has 0 saturated heterocycles. The first-order chi connectivity index (χ1) is 8.01. The fraction of sp³-hybridized carbons (Fsp3) is 0.636. The van der Waals surface area contributed by atoms with Gasteiger partial charge in [0.1, 0.15) is 11.6 Å². The van der Waals surface area contributed by atoms with Crippen LogP contribution in [-0.4, -0.2) is 33.8 Å². The standard InChI is InChI=1S/C11H21N5O/c1-4-13-9-6-10(16-11(12)15-9)14-7(2)5-8(3)17/h6-8,17H,4-5H2,1-3H3,(H4,12,13,14,15,16). The molecule has 0 aliphatic rings. The summed E-state index contributed by atoms with van der Waals surface area (Å²) in [5.74, 6) is 1.60. The second kappa shape index (κ2) is 6.24. The first-order valence-corrected chi connectivity index (χ1v) is 5.84. The number of rotatable bonds is 6. The van der Waals surface area contributed by atoms with E-state index < -0.39 is 0 Å². The van der Waals surface area contributed by atoms with Crippen molar-refractivity contribution in [3.05, 3.63) is 6.07 Å². The fourth-order valence-corrected chi connectivity index (χ4v) is 1.63. The van der Waals surface area contributed by atoms with Crippen molar-refractivity contribution < 1.29 is 5.11 Å². The van der Waals surface area contributed by atoms with E-state index in [2.05, 4.69) is 20.6 Å². The zero-order valence-corrected chi connectivity index (χ0v) is 10.6. The highest BCUT2D eigenvalue weighted by Crippen LogP contribution is 2.14. The normalized spacial score (nSPS) is 14.1. The van der Waals surface area contributed by atoms with E-state index in [1.807, 2.05) is 13.8 Å². The molecule has 1 aromatic rings. The predicted octanol–water partition coefficient (Wildman–Crippen LogP) is 1.06. The van der Waals surface area contributed by atoms with Crippen molar-refractivity contribution in [2.24, 2.45) is 0 Å². The molecule has 2 atom stereocenters. The summed E-state index contributed by atoms with van der Waals surface area (Å²) in [7, 11) is 0. The number of aliphatic hydroxyl groups is 1. The van der Waals surface area contributed by atoms with E-state index in [0.29, 0.717) is 18.1 Å². The molecule has 1 heterocycles. The van der Waals surface area contributed by atoms with E-state index in [4.69, 9.17) is 5.73 Å². The van der Waals surface area contributed by atoms with Gasteiger partial charge in [-0.05, 0) is 27.2 Å². The first kappa shape index (κ1) is 13.5. The molecule has 17 heavy (non-hydrogen) atoms. The van der Waals surface area contributed by atoms with Crippen LogP contribution in [0.15, 0.2) is 6.07 Å². The number of nitrogens with two attached hydrogens (primary N) is 1. The van der Waals surface area contributed by atoms with Gasteiger partial charge in [0.2, 0.25) is 5.95 Å². The second-order valence-corrected chi connectivity index (χ2v) is 4.16. The Labute approximate surface area is 102 Å². The number of nitrogens with one attached hydrogen (secondary N) is 2. The number of nitrogen functional groups attached to an aromatic ring is 1. The molecule has 1 aromatic heterocycles. The quantitative estimate of drug-likeness (QED) is 0.593. The smallest absolute Gasteiger partial charge is 0.223 e. The van der Waals surface area contributed by atoms with Crippen molar-refractivity contribution in [3.8, 4) is 0 Å². The summed E-state index contributed by atoms with van der Waals surface area (Å²) in [6.45, 7) is 6.51. The van der Waals surface area contributed by atoms with Gasteiger partial charge in [0.15, 0.2) is 0 Å². The number of aromatic nitrogens is 2. The Hall–Kier alpha value is -1.56. The van der Waals surface area contributed by atoms with Crippen molar-refractivity contribution in [1.29, 1.82) is 0 Å². The van der Waals surface area contributed by atoms with Gasteiger partial charge in [-0.3, -0.25) is 0 Å². The summed E-state index contributed by atoms with van der Waals surface area (Å²) in [5, 5.41) is 15.5. The highest BCUT2D eigenvalue weighted by Gasteiger charge is 2.08. The topological polar surface area (TPSA) is 96.1 Å². The van der Waals surface area contributed by atoms with Crippen molar-refractivity contribution in [2.45, 2.75) is 39.3 Å². The molecule has 0 fully saturated rings. The van der Waals surface area contributed by atoms with E-state index >= 15 is 0 Å². The molecule has 0 bridgehead atoms. The van der Waals surface area contributed by atoms with Crippen LogP contribution in [0.2, 0.25) is 0 Å². The average Bonchev–Trinajstić information content (AvgIpc) is 2.14. The van der Waals surface area contributed by atoms with Gasteiger partial charge in [-0.2, -0.15) is 9.97 Å². The number of nitrogens with zero attached hydrogens (tertiary/aromatic N) is 2. The molecule has 0 spiro atoms. The number of hydrogen-bond acceptors (Lipinski definition) is 6. The number of anilines is 3. The SMILES string of the molecule is CCNc1cc(NC(C)CC(C)O)nc(N)n1. The van der Waals surface area contributed by atoms with Gasteiger partial charge in [0.05, 0.1) is 6.10 Å². The predicted molar refractivity (Wildman–Crippen MR) is 70.0 cm³/mol. The maximum atomic E-state index is 9.28. The molecule has 5 N–H and O–H groups in total. The van der Waals surface area contributed by atoms with Crippen molar-refractivity contribution in [1.82, 2.24) is 9.97 Å². The van der Waals surface area contributed by atoms with Gasteiger partial charge in [-0.15, -0.1) is 0 Å². The van der Waals surface area contributed by atoms with Crippen LogP contribution < -0.4 is 16.4 Å². The third-order valence-corrected chi connectivity index (χ3v) is 2.19. The minimum absolute atomic E-state index is 0.124. The minimum atomic E-state index is -0.343. The Balaban J connectivity index is 2.69. The molecule has 6 nitrogen and oxygen atoms in total. The zero-order chi connectivity index (χ0) is 12.8. The minimum Gasteiger partial charge on any atom is -0.393 e. The third kappa shape index (κ3) is 4.86. The van der Waals surface area contributed by atoms with Crippen LogP contribution >= 0.6 is 0 Å². The first-order valence-electron chi connectivity index (χ1n) is 5.84. The van der Waals surface area contributed by atoms with Crippen molar-refractivity contribution >= 4 is 17.6 Å². The lowest BCUT2D eigenvalue weighted by atomic mass is 10.1. The van der Waals surface area contributed by atoms with E-state index in [1.54, 1.807) is 13.0 Å². The molecular formula is C11H21N5O. The molecule has 0 aliphatic carbocycles. The summed E-state index contributed by atoms with van der Waals surface area (Å²) in [5.41, 5.74) is 5.62. The molecule has 0 aliphatic heterocycles. The summed E-state index contributed by atoms with van der Waals surface area (Å²) in [4.78, 5) is 8.16. The molecule has 6 heteroatoms. The third-order valence-electron chi connectivity index (χ3n) is 2.19. The molecule has 0 aromatic carbocycles. The van der Waals surface area contributed by atoms with E-state index in [1.165, 1.54) is 0 Å². The highest BCUT2D eigenvalue weighted by atomic mass is 16.3. The Morgan fingerprint density at radius 1 is 1.35 bits per heavy atom. The van der Waals surface area contributed by atoms with Gasteiger partial charge < -0.3 is 21.5 Å². The Morgan fingerprint density at radius 3 is 2.59 bits per heavy atom. The lowest BCUT2D eigenvalue weighted by Gasteiger charge is -2.16. The van der Waals surface area contributed by atoms with Crippen LogP contribution in [0.5, 0.6) is 0 Å². The van der Waals surface area contributed by atoms with E-state index in [0.717, 1.165) is 6.54 Å². The lowest BCUT2D eigenvalue weighted by Crippen LogP contribution is -2.21. The number of hydrogen-bond donors (Lipinski definition) is 4. The maximum Gasteiger partial charge on any atom is 0.223 e. The Kier molecular flexibility index (Phi) is 4.96. The molecule has 0 saturated carbocycles. The van der Waals surface area contributed by atoms with Crippen molar-refractivity contribution in [3.63, 3.8) is 0 Å². The number of aliphatic hydroxyl groups excluding tert-OH is 1. The molecular weight excluding hydrogens is 218 g/mol.